The molecule has 0 aliphatic heterocycles. The Balaban J connectivity index is 2.25. The Bertz CT molecular complexity index is 552. The van der Waals surface area contributed by atoms with Crippen LogP contribution in [0.5, 0.6) is 0 Å². The first-order chi connectivity index (χ1) is 9.22. The van der Waals surface area contributed by atoms with Gasteiger partial charge in [-0.1, -0.05) is 32.4 Å². The minimum Gasteiger partial charge on any atom is -0.346 e. The molecule has 0 saturated heterocycles. The van der Waals surface area contributed by atoms with Crippen molar-refractivity contribution < 1.29 is 0 Å². The van der Waals surface area contributed by atoms with Gasteiger partial charge < -0.3 is 10.3 Å². The predicted molar refractivity (Wildman–Crippen MR) is 82.1 cm³/mol. The number of H-pyrrole nitrogens is 1. The molecular weight excluding hydrogens is 234 g/mol. The van der Waals surface area contributed by atoms with Crippen molar-refractivity contribution in [3.8, 4) is 0 Å². The molecule has 0 bridgehead atoms. The van der Waals surface area contributed by atoms with Crippen LogP contribution in [0.15, 0.2) is 30.1 Å². The van der Waals surface area contributed by atoms with Gasteiger partial charge in [0, 0.05) is 29.9 Å². The smallest absolute Gasteiger partial charge is 0.137 e. The van der Waals surface area contributed by atoms with Gasteiger partial charge in [-0.2, -0.15) is 0 Å². The largest absolute Gasteiger partial charge is 0.346 e. The second-order valence-electron chi connectivity index (χ2n) is 5.19. The van der Waals surface area contributed by atoms with Crippen molar-refractivity contribution in [1.82, 2.24) is 15.3 Å². The zero-order chi connectivity index (χ0) is 13.7. The maximum absolute atomic E-state index is 4.33. The number of aromatic amines is 1. The molecule has 0 spiro atoms. The van der Waals surface area contributed by atoms with Gasteiger partial charge in [0.2, 0.25) is 0 Å². The van der Waals surface area contributed by atoms with E-state index in [1.807, 2.05) is 18.5 Å². The van der Waals surface area contributed by atoms with Crippen LogP contribution < -0.4 is 5.32 Å². The van der Waals surface area contributed by atoms with Crippen molar-refractivity contribution in [2.75, 3.05) is 13.1 Å². The summed E-state index contributed by atoms with van der Waals surface area (Å²) in [7, 11) is 0. The molecule has 0 unspecified atom stereocenters. The van der Waals surface area contributed by atoms with Crippen LogP contribution in [0.3, 0.4) is 0 Å². The number of fused-ring (bicyclic) bond motifs is 1. The third kappa shape index (κ3) is 3.44. The SMILES string of the molecule is CCCNCC(=Cc1c[nH]c2ncccc12)C(C)C. The minimum atomic E-state index is 0.547. The number of rotatable bonds is 6. The number of aromatic nitrogens is 2. The molecular formula is C16H23N3. The van der Waals surface area contributed by atoms with Crippen molar-refractivity contribution in [3.63, 3.8) is 0 Å². The third-order valence-electron chi connectivity index (χ3n) is 3.32. The molecule has 0 aliphatic rings. The van der Waals surface area contributed by atoms with Crippen LogP contribution in [0.25, 0.3) is 17.1 Å². The lowest BCUT2D eigenvalue weighted by Gasteiger charge is -2.12. The molecule has 0 amide bonds. The summed E-state index contributed by atoms with van der Waals surface area (Å²) in [6, 6.07) is 4.10. The summed E-state index contributed by atoms with van der Waals surface area (Å²) in [6.07, 6.45) is 7.31. The van der Waals surface area contributed by atoms with E-state index in [-0.39, 0.29) is 0 Å². The molecule has 0 atom stereocenters. The topological polar surface area (TPSA) is 40.7 Å². The Morgan fingerprint density at radius 1 is 1.47 bits per heavy atom. The van der Waals surface area contributed by atoms with Crippen LogP contribution in [-0.2, 0) is 0 Å². The molecule has 2 aromatic heterocycles. The number of nitrogens with zero attached hydrogens (tertiary/aromatic N) is 1. The average Bonchev–Trinajstić information content (AvgIpc) is 2.81. The molecule has 0 aliphatic carbocycles. The Labute approximate surface area is 115 Å². The molecule has 0 aromatic carbocycles. The molecule has 102 valence electrons. The molecule has 3 heteroatoms. The normalized spacial score (nSPS) is 12.5. The summed E-state index contributed by atoms with van der Waals surface area (Å²) in [5, 5.41) is 4.67. The average molecular weight is 257 g/mol. The zero-order valence-corrected chi connectivity index (χ0v) is 12.0. The Kier molecular flexibility index (Phi) is 4.74. The van der Waals surface area contributed by atoms with Gasteiger partial charge in [-0.05, 0) is 31.0 Å². The molecule has 0 fully saturated rings. The van der Waals surface area contributed by atoms with E-state index >= 15 is 0 Å². The van der Waals surface area contributed by atoms with Crippen molar-refractivity contribution in [2.45, 2.75) is 27.2 Å². The van der Waals surface area contributed by atoms with Gasteiger partial charge >= 0.3 is 0 Å². The van der Waals surface area contributed by atoms with Gasteiger partial charge in [0.1, 0.15) is 5.65 Å². The van der Waals surface area contributed by atoms with E-state index < -0.39 is 0 Å². The summed E-state index contributed by atoms with van der Waals surface area (Å²) >= 11 is 0. The maximum Gasteiger partial charge on any atom is 0.137 e. The van der Waals surface area contributed by atoms with Gasteiger partial charge in [0.25, 0.3) is 0 Å². The van der Waals surface area contributed by atoms with E-state index in [1.54, 1.807) is 0 Å². The zero-order valence-electron chi connectivity index (χ0n) is 12.0. The van der Waals surface area contributed by atoms with Crippen LogP contribution in [0, 0.1) is 5.92 Å². The highest BCUT2D eigenvalue weighted by Crippen LogP contribution is 2.21. The van der Waals surface area contributed by atoms with Gasteiger partial charge in [0.15, 0.2) is 0 Å². The van der Waals surface area contributed by atoms with Crippen molar-refractivity contribution in [3.05, 3.63) is 35.7 Å². The monoisotopic (exact) mass is 257 g/mol. The Hall–Kier alpha value is -1.61. The highest BCUT2D eigenvalue weighted by atomic mass is 14.8. The van der Waals surface area contributed by atoms with Gasteiger partial charge in [-0.25, -0.2) is 4.98 Å². The number of pyridine rings is 1. The van der Waals surface area contributed by atoms with Crippen LogP contribution in [0.4, 0.5) is 0 Å². The lowest BCUT2D eigenvalue weighted by molar-refractivity contribution is 0.657. The van der Waals surface area contributed by atoms with E-state index in [1.165, 1.54) is 22.9 Å². The van der Waals surface area contributed by atoms with Gasteiger partial charge in [0.05, 0.1) is 0 Å². The first kappa shape index (κ1) is 13.8. The summed E-state index contributed by atoms with van der Waals surface area (Å²) in [5.41, 5.74) is 3.61. The van der Waals surface area contributed by atoms with E-state index in [9.17, 15) is 0 Å². The summed E-state index contributed by atoms with van der Waals surface area (Å²) in [6.45, 7) is 8.70. The maximum atomic E-state index is 4.33. The van der Waals surface area contributed by atoms with Crippen LogP contribution in [-0.4, -0.2) is 23.1 Å². The van der Waals surface area contributed by atoms with E-state index in [2.05, 4.69) is 48.2 Å². The summed E-state index contributed by atoms with van der Waals surface area (Å²) in [4.78, 5) is 7.55. The number of hydrogen-bond donors (Lipinski definition) is 2. The molecule has 19 heavy (non-hydrogen) atoms. The highest BCUT2D eigenvalue weighted by Gasteiger charge is 2.06. The van der Waals surface area contributed by atoms with Crippen molar-refractivity contribution >= 4 is 17.1 Å². The first-order valence-corrected chi connectivity index (χ1v) is 7.05. The Morgan fingerprint density at radius 3 is 3.05 bits per heavy atom. The quantitative estimate of drug-likeness (QED) is 0.776. The molecule has 2 heterocycles. The fourth-order valence-corrected chi connectivity index (χ4v) is 2.13. The minimum absolute atomic E-state index is 0.547. The molecule has 3 nitrogen and oxygen atoms in total. The molecule has 2 N–H and O–H groups in total. The van der Waals surface area contributed by atoms with E-state index in [4.69, 9.17) is 0 Å². The second kappa shape index (κ2) is 6.53. The standard InChI is InChI=1S/C16H23N3/c1-4-7-17-10-13(12(2)3)9-14-11-19-16-15(14)6-5-8-18-16/h5-6,8-9,11-12,17H,4,7,10H2,1-3H3,(H,18,19). The van der Waals surface area contributed by atoms with Gasteiger partial charge in [-0.3, -0.25) is 0 Å². The predicted octanol–water partition coefficient (Wildman–Crippen LogP) is 3.60. The molecule has 0 saturated carbocycles. The first-order valence-electron chi connectivity index (χ1n) is 7.05. The fourth-order valence-electron chi connectivity index (χ4n) is 2.13. The van der Waals surface area contributed by atoms with E-state index in [0.717, 1.165) is 18.7 Å². The second-order valence-corrected chi connectivity index (χ2v) is 5.19. The fraction of sp³-hybridized carbons (Fsp3) is 0.438. The van der Waals surface area contributed by atoms with Crippen LogP contribution in [0.1, 0.15) is 32.8 Å². The van der Waals surface area contributed by atoms with Crippen LogP contribution in [0.2, 0.25) is 0 Å². The highest BCUT2D eigenvalue weighted by molar-refractivity contribution is 5.86. The molecule has 2 rings (SSSR count). The van der Waals surface area contributed by atoms with Gasteiger partial charge in [-0.15, -0.1) is 0 Å². The number of nitrogens with one attached hydrogen (secondary N) is 2. The third-order valence-corrected chi connectivity index (χ3v) is 3.32. The Morgan fingerprint density at radius 2 is 2.32 bits per heavy atom. The summed E-state index contributed by atoms with van der Waals surface area (Å²) < 4.78 is 0. The van der Waals surface area contributed by atoms with Crippen LogP contribution >= 0.6 is 0 Å². The van der Waals surface area contributed by atoms with Crippen molar-refractivity contribution in [1.29, 1.82) is 0 Å². The van der Waals surface area contributed by atoms with Crippen molar-refractivity contribution in [2.24, 2.45) is 5.92 Å². The molecule has 2 aromatic rings. The number of hydrogen-bond acceptors (Lipinski definition) is 2. The van der Waals surface area contributed by atoms with E-state index in [0.29, 0.717) is 5.92 Å². The molecule has 0 radical (unpaired) electrons. The summed E-state index contributed by atoms with van der Waals surface area (Å²) in [5.74, 6) is 0.547. The lowest BCUT2D eigenvalue weighted by Crippen LogP contribution is -2.19. The lowest BCUT2D eigenvalue weighted by atomic mass is 10.0.